The lowest BCUT2D eigenvalue weighted by atomic mass is 10.1. The van der Waals surface area contributed by atoms with Crippen molar-refractivity contribution in [2.45, 2.75) is 29.2 Å². The predicted molar refractivity (Wildman–Crippen MR) is 102 cm³/mol. The summed E-state index contributed by atoms with van der Waals surface area (Å²) in [6, 6.07) is 15.9. The van der Waals surface area contributed by atoms with Crippen LogP contribution in [0, 0.1) is 5.82 Å². The number of pyridine rings is 1. The molecule has 1 aromatic heterocycles. The van der Waals surface area contributed by atoms with Crippen LogP contribution in [0.15, 0.2) is 64.5 Å². The maximum absolute atomic E-state index is 13.1. The molecule has 0 atom stereocenters. The molecule has 0 radical (unpaired) electrons. The normalized spacial score (nSPS) is 14.6. The number of rotatable bonds is 3. The molecule has 5 heteroatoms. The summed E-state index contributed by atoms with van der Waals surface area (Å²) in [7, 11) is 0. The number of likely N-dealkylation sites (tertiary alicyclic amines) is 1. The number of para-hydroxylation sites is 1. The maximum atomic E-state index is 13.1. The van der Waals surface area contributed by atoms with Gasteiger partial charge in [-0.05, 0) is 55.7 Å². The van der Waals surface area contributed by atoms with Gasteiger partial charge in [0.05, 0.1) is 11.1 Å². The number of aromatic nitrogens is 1. The molecule has 4 rings (SSSR count). The van der Waals surface area contributed by atoms with Gasteiger partial charge in [0.1, 0.15) is 10.8 Å². The van der Waals surface area contributed by atoms with Crippen LogP contribution in [-0.4, -0.2) is 28.9 Å². The summed E-state index contributed by atoms with van der Waals surface area (Å²) in [6.07, 6.45) is 3.31. The molecule has 3 aromatic rings. The number of hydrogen-bond acceptors (Lipinski definition) is 3. The van der Waals surface area contributed by atoms with E-state index in [2.05, 4.69) is 4.98 Å². The monoisotopic (exact) mass is 366 g/mol. The molecule has 1 fully saturated rings. The van der Waals surface area contributed by atoms with Crippen molar-refractivity contribution in [3.8, 4) is 0 Å². The Balaban J connectivity index is 1.72. The van der Waals surface area contributed by atoms with E-state index in [4.69, 9.17) is 0 Å². The van der Waals surface area contributed by atoms with Crippen molar-refractivity contribution in [2.24, 2.45) is 0 Å². The van der Waals surface area contributed by atoms with Gasteiger partial charge in [-0.15, -0.1) is 0 Å². The van der Waals surface area contributed by atoms with Crippen molar-refractivity contribution in [1.82, 2.24) is 9.88 Å². The lowest BCUT2D eigenvalue weighted by molar-refractivity contribution is 0.0726. The highest BCUT2D eigenvalue weighted by atomic mass is 32.2. The van der Waals surface area contributed by atoms with E-state index >= 15 is 0 Å². The van der Waals surface area contributed by atoms with E-state index in [0.717, 1.165) is 46.8 Å². The van der Waals surface area contributed by atoms with E-state index in [1.54, 1.807) is 12.1 Å². The van der Waals surface area contributed by atoms with Gasteiger partial charge in [-0.25, -0.2) is 9.37 Å². The van der Waals surface area contributed by atoms with Crippen LogP contribution in [-0.2, 0) is 0 Å². The number of amides is 1. The molecule has 3 nitrogen and oxygen atoms in total. The first kappa shape index (κ1) is 17.0. The number of halogens is 1. The van der Waals surface area contributed by atoms with Crippen LogP contribution in [0.5, 0.6) is 0 Å². The summed E-state index contributed by atoms with van der Waals surface area (Å²) in [5.74, 6) is -0.189. The summed E-state index contributed by atoms with van der Waals surface area (Å²) in [5, 5.41) is 1.63. The van der Waals surface area contributed by atoms with Gasteiger partial charge >= 0.3 is 0 Å². The Hall–Kier alpha value is -2.40. The zero-order valence-electron chi connectivity index (χ0n) is 14.3. The number of nitrogens with zero attached hydrogens (tertiary/aromatic N) is 2. The minimum atomic E-state index is -0.262. The average molecular weight is 366 g/mol. The number of piperidine rings is 1. The zero-order chi connectivity index (χ0) is 17.9. The second-order valence-corrected chi connectivity index (χ2v) is 7.53. The topological polar surface area (TPSA) is 33.2 Å². The molecule has 2 aromatic carbocycles. The van der Waals surface area contributed by atoms with E-state index in [9.17, 15) is 9.18 Å². The summed E-state index contributed by atoms with van der Waals surface area (Å²) in [5.41, 5.74) is 1.50. The highest BCUT2D eigenvalue weighted by Crippen LogP contribution is 2.30. The van der Waals surface area contributed by atoms with Gasteiger partial charge in [-0.2, -0.15) is 0 Å². The Bertz CT molecular complexity index is 936. The quantitative estimate of drug-likeness (QED) is 0.643. The van der Waals surface area contributed by atoms with Crippen molar-refractivity contribution in [3.05, 3.63) is 66.0 Å². The number of hydrogen-bond donors (Lipinski definition) is 0. The lowest BCUT2D eigenvalue weighted by Crippen LogP contribution is -2.35. The number of benzene rings is 2. The van der Waals surface area contributed by atoms with E-state index in [0.29, 0.717) is 5.56 Å². The molecule has 2 heterocycles. The Labute approximate surface area is 156 Å². The number of fused-ring (bicyclic) bond motifs is 1. The Morgan fingerprint density at radius 3 is 2.50 bits per heavy atom. The molecular weight excluding hydrogens is 347 g/mol. The van der Waals surface area contributed by atoms with Gasteiger partial charge in [0.2, 0.25) is 0 Å². The smallest absolute Gasteiger partial charge is 0.254 e. The molecule has 0 N–H and O–H groups in total. The van der Waals surface area contributed by atoms with Crippen LogP contribution in [0.3, 0.4) is 0 Å². The van der Waals surface area contributed by atoms with Crippen molar-refractivity contribution < 1.29 is 9.18 Å². The van der Waals surface area contributed by atoms with Gasteiger partial charge in [-0.3, -0.25) is 4.79 Å². The molecule has 0 saturated carbocycles. The molecule has 0 spiro atoms. The minimum absolute atomic E-state index is 0.0734. The van der Waals surface area contributed by atoms with E-state index in [-0.39, 0.29) is 11.7 Å². The minimum Gasteiger partial charge on any atom is -0.339 e. The van der Waals surface area contributed by atoms with Gasteiger partial charge in [0.15, 0.2) is 0 Å². The van der Waals surface area contributed by atoms with Crippen molar-refractivity contribution in [2.75, 3.05) is 13.1 Å². The second kappa shape index (κ2) is 7.46. The highest BCUT2D eigenvalue weighted by molar-refractivity contribution is 7.99. The summed E-state index contributed by atoms with van der Waals surface area (Å²) in [4.78, 5) is 20.6. The van der Waals surface area contributed by atoms with Crippen LogP contribution in [0.25, 0.3) is 10.9 Å². The van der Waals surface area contributed by atoms with Crippen LogP contribution in [0.4, 0.5) is 4.39 Å². The lowest BCUT2D eigenvalue weighted by Gasteiger charge is -2.27. The predicted octanol–water partition coefficient (Wildman–Crippen LogP) is 5.15. The van der Waals surface area contributed by atoms with Crippen LogP contribution in [0.1, 0.15) is 29.6 Å². The van der Waals surface area contributed by atoms with E-state index in [1.807, 2.05) is 35.2 Å². The van der Waals surface area contributed by atoms with E-state index < -0.39 is 0 Å². The summed E-state index contributed by atoms with van der Waals surface area (Å²) in [6.45, 7) is 1.63. The van der Waals surface area contributed by atoms with Crippen molar-refractivity contribution in [1.29, 1.82) is 0 Å². The maximum Gasteiger partial charge on any atom is 0.254 e. The zero-order valence-corrected chi connectivity index (χ0v) is 15.1. The SMILES string of the molecule is O=C(c1cc(Sc2ccc(F)cc2)nc2ccccc12)N1CCCCC1. The Kier molecular flexibility index (Phi) is 4.89. The third kappa shape index (κ3) is 3.58. The standard InChI is InChI=1S/C21H19FN2OS/c22-15-8-10-16(11-9-15)26-20-14-18(17-6-2-3-7-19(17)23-20)21(25)24-12-4-1-5-13-24/h2-3,6-11,14H,1,4-5,12-13H2. The van der Waals surface area contributed by atoms with Crippen molar-refractivity contribution >= 4 is 28.6 Å². The molecule has 0 bridgehead atoms. The van der Waals surface area contributed by atoms with Crippen LogP contribution >= 0.6 is 11.8 Å². The molecule has 0 unspecified atom stereocenters. The molecule has 0 aliphatic carbocycles. The molecule has 1 aliphatic rings. The first-order valence-corrected chi connectivity index (χ1v) is 9.65. The summed E-state index contributed by atoms with van der Waals surface area (Å²) < 4.78 is 13.1. The van der Waals surface area contributed by atoms with Gasteiger partial charge in [0, 0.05) is 23.4 Å². The number of carbonyl (C=O) groups excluding carboxylic acids is 1. The third-order valence-electron chi connectivity index (χ3n) is 4.60. The van der Waals surface area contributed by atoms with Crippen LogP contribution < -0.4 is 0 Å². The van der Waals surface area contributed by atoms with Crippen molar-refractivity contribution in [3.63, 3.8) is 0 Å². The Morgan fingerprint density at radius 1 is 1.00 bits per heavy atom. The first-order chi connectivity index (χ1) is 12.7. The average Bonchev–Trinajstić information content (AvgIpc) is 2.69. The summed E-state index contributed by atoms with van der Waals surface area (Å²) >= 11 is 1.44. The fourth-order valence-corrected chi connectivity index (χ4v) is 4.11. The van der Waals surface area contributed by atoms with Gasteiger partial charge < -0.3 is 4.90 Å². The molecule has 1 aliphatic heterocycles. The third-order valence-corrected chi connectivity index (χ3v) is 5.53. The fraction of sp³-hybridized carbons (Fsp3) is 0.238. The first-order valence-electron chi connectivity index (χ1n) is 8.83. The fourth-order valence-electron chi connectivity index (χ4n) is 3.27. The Morgan fingerprint density at radius 2 is 1.73 bits per heavy atom. The molecular formula is C21H19FN2OS. The van der Waals surface area contributed by atoms with Gasteiger partial charge in [0.25, 0.3) is 5.91 Å². The van der Waals surface area contributed by atoms with Crippen LogP contribution in [0.2, 0.25) is 0 Å². The molecule has 26 heavy (non-hydrogen) atoms. The molecule has 1 amide bonds. The highest BCUT2D eigenvalue weighted by Gasteiger charge is 2.21. The molecule has 132 valence electrons. The largest absolute Gasteiger partial charge is 0.339 e. The second-order valence-electron chi connectivity index (χ2n) is 6.43. The molecule has 1 saturated heterocycles. The number of carbonyl (C=O) groups is 1. The van der Waals surface area contributed by atoms with E-state index in [1.165, 1.54) is 30.3 Å². The van der Waals surface area contributed by atoms with Gasteiger partial charge in [-0.1, -0.05) is 30.0 Å².